The van der Waals surface area contributed by atoms with Gasteiger partial charge in [0.2, 0.25) is 5.78 Å². The first-order chi connectivity index (χ1) is 15.0. The highest BCUT2D eigenvalue weighted by Crippen LogP contribution is 2.44. The number of ketones is 1. The van der Waals surface area contributed by atoms with Crippen molar-refractivity contribution in [2.24, 2.45) is 0 Å². The molecule has 2 aromatic carbocycles. The van der Waals surface area contributed by atoms with Crippen molar-refractivity contribution in [3.8, 4) is 0 Å². The molecular formula is C22H12F2N2O4S. The summed E-state index contributed by atoms with van der Waals surface area (Å²) in [5, 5.41) is 10.7. The molecule has 0 unspecified atom stereocenters. The maximum Gasteiger partial charge on any atom is 0.296 e. The largest absolute Gasteiger partial charge is 0.503 e. The second-order valence-electron chi connectivity index (χ2n) is 6.78. The van der Waals surface area contributed by atoms with Crippen molar-refractivity contribution in [2.45, 2.75) is 6.04 Å². The summed E-state index contributed by atoms with van der Waals surface area (Å²) < 4.78 is 34.0. The minimum Gasteiger partial charge on any atom is -0.503 e. The second kappa shape index (κ2) is 7.13. The average Bonchev–Trinajstić information content (AvgIpc) is 3.47. The lowest BCUT2D eigenvalue weighted by Gasteiger charge is -2.24. The van der Waals surface area contributed by atoms with Crippen LogP contribution in [0.1, 0.15) is 22.2 Å². The Morgan fingerprint density at radius 2 is 1.94 bits per heavy atom. The number of carbonyl (C=O) groups excluding carboxylic acids is 2. The fourth-order valence-corrected chi connectivity index (χ4v) is 4.57. The van der Waals surface area contributed by atoms with E-state index in [4.69, 9.17) is 4.42 Å². The molecular weight excluding hydrogens is 426 g/mol. The minimum atomic E-state index is -1.28. The third-order valence-corrected chi connectivity index (χ3v) is 5.96. The van der Waals surface area contributed by atoms with Crippen LogP contribution in [-0.2, 0) is 4.79 Å². The lowest BCUT2D eigenvalue weighted by atomic mass is 9.95. The average molecular weight is 438 g/mol. The summed E-state index contributed by atoms with van der Waals surface area (Å²) >= 11 is 0.989. The van der Waals surface area contributed by atoms with Crippen molar-refractivity contribution in [1.82, 2.24) is 4.98 Å². The van der Waals surface area contributed by atoms with Gasteiger partial charge in [-0.1, -0.05) is 29.5 Å². The van der Waals surface area contributed by atoms with Gasteiger partial charge in [0, 0.05) is 5.56 Å². The molecule has 6 nitrogen and oxygen atoms in total. The highest BCUT2D eigenvalue weighted by atomic mass is 32.1. The molecule has 154 valence electrons. The first-order valence-corrected chi connectivity index (χ1v) is 9.93. The Balaban J connectivity index is 1.71. The molecule has 0 fully saturated rings. The number of aliphatic hydroxyl groups is 1. The maximum atomic E-state index is 14.8. The fraction of sp³-hybridized carbons (Fsp3) is 0.0455. The Morgan fingerprint density at radius 1 is 1.13 bits per heavy atom. The Kier molecular flexibility index (Phi) is 4.40. The number of hydrogen-bond acceptors (Lipinski definition) is 6. The summed E-state index contributed by atoms with van der Waals surface area (Å²) in [4.78, 5) is 31.5. The van der Waals surface area contributed by atoms with Gasteiger partial charge in [0.15, 0.2) is 16.7 Å². The van der Waals surface area contributed by atoms with E-state index in [-0.39, 0.29) is 22.0 Å². The second-order valence-corrected chi connectivity index (χ2v) is 7.79. The van der Waals surface area contributed by atoms with E-state index in [1.807, 2.05) is 0 Å². The number of halogens is 2. The zero-order chi connectivity index (χ0) is 21.7. The standard InChI is InChI=1S/C22H12F2N2O4S/c23-11-7-8-14-16(10-11)31-22(25-14)26-18(12-4-1-2-5-13(12)24)17(20(28)21(26)29)19(27)15-6-3-9-30-15/h1-10,18,28H/t18-/m1/s1. The van der Waals surface area contributed by atoms with E-state index < -0.39 is 35.1 Å². The number of aliphatic hydroxyl groups excluding tert-OH is 1. The molecule has 3 heterocycles. The van der Waals surface area contributed by atoms with Crippen molar-refractivity contribution < 1.29 is 27.9 Å². The first-order valence-electron chi connectivity index (χ1n) is 9.11. The monoisotopic (exact) mass is 438 g/mol. The van der Waals surface area contributed by atoms with Crippen LogP contribution < -0.4 is 4.90 Å². The number of furan rings is 1. The van der Waals surface area contributed by atoms with Gasteiger partial charge in [0.25, 0.3) is 5.91 Å². The normalized spacial score (nSPS) is 16.5. The molecule has 0 radical (unpaired) electrons. The number of hydrogen-bond donors (Lipinski definition) is 1. The lowest BCUT2D eigenvalue weighted by Crippen LogP contribution is -2.31. The SMILES string of the molecule is O=C(C1=C(O)C(=O)N(c2nc3ccc(F)cc3s2)[C@@H]1c1ccccc1F)c1ccco1. The molecule has 2 aromatic heterocycles. The number of rotatable bonds is 4. The molecule has 1 aliphatic rings. The number of amides is 1. The van der Waals surface area contributed by atoms with Gasteiger partial charge in [0.05, 0.1) is 22.1 Å². The van der Waals surface area contributed by atoms with Crippen LogP contribution in [0.5, 0.6) is 0 Å². The van der Waals surface area contributed by atoms with E-state index in [9.17, 15) is 23.5 Å². The number of aromatic nitrogens is 1. The molecule has 0 bridgehead atoms. The Labute approximate surface area is 177 Å². The Morgan fingerprint density at radius 3 is 2.68 bits per heavy atom. The van der Waals surface area contributed by atoms with Crippen LogP contribution in [0.25, 0.3) is 10.2 Å². The number of fused-ring (bicyclic) bond motifs is 1. The topological polar surface area (TPSA) is 83.6 Å². The van der Waals surface area contributed by atoms with Gasteiger partial charge >= 0.3 is 0 Å². The van der Waals surface area contributed by atoms with Crippen LogP contribution in [0, 0.1) is 11.6 Å². The molecule has 0 saturated carbocycles. The van der Waals surface area contributed by atoms with Crippen molar-refractivity contribution in [3.63, 3.8) is 0 Å². The van der Waals surface area contributed by atoms with Gasteiger partial charge in [-0.25, -0.2) is 13.8 Å². The van der Waals surface area contributed by atoms with E-state index in [0.29, 0.717) is 10.2 Å². The van der Waals surface area contributed by atoms with Crippen LogP contribution in [0.2, 0.25) is 0 Å². The van der Waals surface area contributed by atoms with Crippen LogP contribution in [0.3, 0.4) is 0 Å². The number of benzene rings is 2. The summed E-state index contributed by atoms with van der Waals surface area (Å²) in [7, 11) is 0. The summed E-state index contributed by atoms with van der Waals surface area (Å²) in [6.45, 7) is 0. The van der Waals surface area contributed by atoms with Gasteiger partial charge in [-0.05, 0) is 36.4 Å². The zero-order valence-electron chi connectivity index (χ0n) is 15.6. The van der Waals surface area contributed by atoms with Crippen molar-refractivity contribution in [1.29, 1.82) is 0 Å². The van der Waals surface area contributed by atoms with Gasteiger partial charge in [0.1, 0.15) is 17.7 Å². The van der Waals surface area contributed by atoms with Gasteiger partial charge < -0.3 is 9.52 Å². The molecule has 1 aliphatic heterocycles. The number of Topliss-reactive ketones (excluding diaryl/α,β-unsaturated/α-hetero) is 1. The third-order valence-electron chi connectivity index (χ3n) is 4.94. The Hall–Kier alpha value is -3.85. The number of anilines is 1. The molecule has 5 rings (SSSR count). The summed E-state index contributed by atoms with van der Waals surface area (Å²) in [6.07, 6.45) is 1.28. The molecule has 1 atom stereocenters. The predicted molar refractivity (Wildman–Crippen MR) is 109 cm³/mol. The van der Waals surface area contributed by atoms with Gasteiger partial charge in [-0.3, -0.25) is 14.5 Å². The van der Waals surface area contributed by atoms with E-state index in [1.165, 1.54) is 54.8 Å². The summed E-state index contributed by atoms with van der Waals surface area (Å²) in [5.74, 6) is -3.74. The first kappa shape index (κ1) is 19.1. The summed E-state index contributed by atoms with van der Waals surface area (Å²) in [5.41, 5.74) is 0.0996. The van der Waals surface area contributed by atoms with E-state index in [1.54, 1.807) is 6.07 Å². The zero-order valence-corrected chi connectivity index (χ0v) is 16.4. The molecule has 4 aromatic rings. The molecule has 31 heavy (non-hydrogen) atoms. The van der Waals surface area contributed by atoms with Crippen LogP contribution in [-0.4, -0.2) is 21.8 Å². The smallest absolute Gasteiger partial charge is 0.296 e. The van der Waals surface area contributed by atoms with E-state index in [2.05, 4.69) is 4.98 Å². The van der Waals surface area contributed by atoms with Gasteiger partial charge in [-0.2, -0.15) is 0 Å². The van der Waals surface area contributed by atoms with Crippen LogP contribution in [0.4, 0.5) is 13.9 Å². The molecule has 1 amide bonds. The predicted octanol–water partition coefficient (Wildman–Crippen LogP) is 4.95. The van der Waals surface area contributed by atoms with Crippen molar-refractivity contribution >= 4 is 38.4 Å². The van der Waals surface area contributed by atoms with Crippen LogP contribution >= 0.6 is 11.3 Å². The molecule has 9 heteroatoms. The van der Waals surface area contributed by atoms with Crippen molar-refractivity contribution in [3.05, 3.63) is 95.2 Å². The van der Waals surface area contributed by atoms with E-state index in [0.717, 1.165) is 16.2 Å². The highest BCUT2D eigenvalue weighted by Gasteiger charge is 2.47. The number of carbonyl (C=O) groups is 2. The molecule has 1 N–H and O–H groups in total. The lowest BCUT2D eigenvalue weighted by molar-refractivity contribution is -0.117. The molecule has 0 spiro atoms. The van der Waals surface area contributed by atoms with Crippen molar-refractivity contribution in [2.75, 3.05) is 4.90 Å². The maximum absolute atomic E-state index is 14.8. The van der Waals surface area contributed by atoms with Crippen LogP contribution in [0.15, 0.2) is 76.6 Å². The molecule has 0 aliphatic carbocycles. The highest BCUT2D eigenvalue weighted by molar-refractivity contribution is 7.22. The third kappa shape index (κ3) is 3.01. The quantitative estimate of drug-likeness (QED) is 0.456. The summed E-state index contributed by atoms with van der Waals surface area (Å²) in [6, 6.07) is 11.2. The minimum absolute atomic E-state index is 0.000225. The number of thiazole rings is 1. The Bertz CT molecular complexity index is 1380. The fourth-order valence-electron chi connectivity index (χ4n) is 3.56. The number of nitrogens with zero attached hydrogens (tertiary/aromatic N) is 2. The van der Waals surface area contributed by atoms with Gasteiger partial charge in [-0.15, -0.1) is 0 Å². The molecule has 0 saturated heterocycles. The van der Waals surface area contributed by atoms with E-state index >= 15 is 0 Å².